The van der Waals surface area contributed by atoms with Crippen LogP contribution in [-0.4, -0.2) is 61.2 Å². The predicted molar refractivity (Wildman–Crippen MR) is 71.3 cm³/mol. The number of benzene rings is 1. The molecule has 0 aliphatic heterocycles. The summed E-state index contributed by atoms with van der Waals surface area (Å²) in [6.07, 6.45) is 0. The van der Waals surface area contributed by atoms with Crippen molar-refractivity contribution in [2.45, 2.75) is 0 Å². The molecule has 0 heterocycles. The Kier molecular flexibility index (Phi) is 5.91. The van der Waals surface area contributed by atoms with Crippen molar-refractivity contribution in [2.75, 3.05) is 52.2 Å². The van der Waals surface area contributed by atoms with Gasteiger partial charge in [-0.1, -0.05) is 0 Å². The number of quaternary nitrogens is 1. The van der Waals surface area contributed by atoms with Crippen LogP contribution in [0, 0.1) is 0 Å². The molecule has 0 radical (unpaired) electrons. The Morgan fingerprint density at radius 3 is 2.11 bits per heavy atom. The highest BCUT2D eigenvalue weighted by atomic mass is 16.5. The number of nitrogens with zero attached hydrogens (tertiary/aromatic N) is 1. The molecule has 18 heavy (non-hydrogen) atoms. The second kappa shape index (κ2) is 7.20. The fourth-order valence-electron chi connectivity index (χ4n) is 1.77. The number of likely N-dealkylation sites (N-methyl/N-ethyl adjacent to an activating group) is 1. The van der Waals surface area contributed by atoms with Crippen molar-refractivity contribution >= 4 is 5.69 Å². The summed E-state index contributed by atoms with van der Waals surface area (Å²) < 4.78 is 6.21. The standard InChI is InChI=1S/C13H23N2O3/c1-15(6-9-16,7-10-17)8-11-18-13-4-2-12(14)3-5-13/h2-5,16-17H,6-11,14H2,1H3/q+1. The van der Waals surface area contributed by atoms with Crippen LogP contribution in [0.5, 0.6) is 5.75 Å². The van der Waals surface area contributed by atoms with Gasteiger partial charge in [0.2, 0.25) is 0 Å². The molecule has 0 unspecified atom stereocenters. The lowest BCUT2D eigenvalue weighted by Crippen LogP contribution is -2.50. The Hall–Kier alpha value is -1.30. The highest BCUT2D eigenvalue weighted by Gasteiger charge is 2.20. The smallest absolute Gasteiger partial charge is 0.137 e. The molecular weight excluding hydrogens is 232 g/mol. The Morgan fingerprint density at radius 2 is 1.61 bits per heavy atom. The molecule has 0 saturated heterocycles. The van der Waals surface area contributed by atoms with Crippen molar-refractivity contribution in [1.82, 2.24) is 0 Å². The molecule has 0 bridgehead atoms. The van der Waals surface area contributed by atoms with Gasteiger partial charge in [0.15, 0.2) is 0 Å². The van der Waals surface area contributed by atoms with E-state index in [1.54, 1.807) is 12.1 Å². The monoisotopic (exact) mass is 255 g/mol. The first kappa shape index (κ1) is 14.8. The van der Waals surface area contributed by atoms with Gasteiger partial charge >= 0.3 is 0 Å². The molecule has 1 aromatic rings. The maximum atomic E-state index is 9.02. The summed E-state index contributed by atoms with van der Waals surface area (Å²) in [4.78, 5) is 0. The van der Waals surface area contributed by atoms with E-state index in [2.05, 4.69) is 0 Å². The fourth-order valence-corrected chi connectivity index (χ4v) is 1.77. The number of aliphatic hydroxyl groups is 2. The van der Waals surface area contributed by atoms with E-state index in [1.165, 1.54) is 0 Å². The predicted octanol–water partition coefficient (Wildman–Crippen LogP) is 0.0788. The lowest BCUT2D eigenvalue weighted by atomic mass is 10.3. The molecule has 5 nitrogen and oxygen atoms in total. The zero-order valence-electron chi connectivity index (χ0n) is 10.9. The molecule has 5 heteroatoms. The minimum Gasteiger partial charge on any atom is -0.488 e. The quantitative estimate of drug-likeness (QED) is 0.454. The van der Waals surface area contributed by atoms with Crippen LogP contribution in [0.2, 0.25) is 0 Å². The molecule has 102 valence electrons. The van der Waals surface area contributed by atoms with Gasteiger partial charge in [0.1, 0.15) is 32.0 Å². The van der Waals surface area contributed by atoms with Gasteiger partial charge in [0.25, 0.3) is 0 Å². The fraction of sp³-hybridized carbons (Fsp3) is 0.538. The molecule has 0 amide bonds. The van der Waals surface area contributed by atoms with E-state index in [4.69, 9.17) is 20.7 Å². The topological polar surface area (TPSA) is 75.7 Å². The maximum Gasteiger partial charge on any atom is 0.137 e. The lowest BCUT2D eigenvalue weighted by Gasteiger charge is -2.33. The van der Waals surface area contributed by atoms with E-state index in [0.29, 0.717) is 29.9 Å². The van der Waals surface area contributed by atoms with Crippen molar-refractivity contribution in [3.63, 3.8) is 0 Å². The summed E-state index contributed by atoms with van der Waals surface area (Å²) in [7, 11) is 2.00. The first-order chi connectivity index (χ1) is 8.59. The van der Waals surface area contributed by atoms with Crippen molar-refractivity contribution in [3.05, 3.63) is 24.3 Å². The third-order valence-corrected chi connectivity index (χ3v) is 3.06. The third-order valence-electron chi connectivity index (χ3n) is 3.06. The first-order valence-electron chi connectivity index (χ1n) is 6.13. The molecule has 0 saturated carbocycles. The Morgan fingerprint density at radius 1 is 1.06 bits per heavy atom. The van der Waals surface area contributed by atoms with Crippen molar-refractivity contribution in [1.29, 1.82) is 0 Å². The number of hydrogen-bond acceptors (Lipinski definition) is 4. The number of aliphatic hydroxyl groups excluding tert-OH is 2. The normalized spacial score (nSPS) is 11.5. The third kappa shape index (κ3) is 4.91. The largest absolute Gasteiger partial charge is 0.488 e. The van der Waals surface area contributed by atoms with Gasteiger partial charge in [0, 0.05) is 5.69 Å². The molecule has 0 atom stereocenters. The summed E-state index contributed by atoms with van der Waals surface area (Å²) in [5, 5.41) is 18.0. The van der Waals surface area contributed by atoms with Gasteiger partial charge in [-0.3, -0.25) is 0 Å². The van der Waals surface area contributed by atoms with Gasteiger partial charge in [-0.25, -0.2) is 0 Å². The molecule has 0 aromatic heterocycles. The summed E-state index contributed by atoms with van der Waals surface area (Å²) >= 11 is 0. The summed E-state index contributed by atoms with van der Waals surface area (Å²) in [5.41, 5.74) is 6.30. The number of rotatable bonds is 8. The van der Waals surface area contributed by atoms with E-state index in [9.17, 15) is 0 Å². The van der Waals surface area contributed by atoms with E-state index < -0.39 is 0 Å². The Labute approximate surface area is 108 Å². The van der Waals surface area contributed by atoms with E-state index in [-0.39, 0.29) is 13.2 Å². The molecule has 4 N–H and O–H groups in total. The van der Waals surface area contributed by atoms with Crippen molar-refractivity contribution in [3.8, 4) is 5.75 Å². The Bertz CT molecular complexity index is 335. The Balaban J connectivity index is 2.40. The van der Waals surface area contributed by atoms with Gasteiger partial charge in [-0.2, -0.15) is 0 Å². The number of anilines is 1. The number of nitrogens with two attached hydrogens (primary N) is 1. The van der Waals surface area contributed by atoms with Crippen molar-refractivity contribution < 1.29 is 19.4 Å². The highest BCUT2D eigenvalue weighted by molar-refractivity contribution is 5.41. The number of nitrogen functional groups attached to an aromatic ring is 1. The molecule has 0 spiro atoms. The summed E-state index contributed by atoms with van der Waals surface area (Å²) in [6.45, 7) is 2.74. The molecule has 1 aromatic carbocycles. The average Bonchev–Trinajstić information content (AvgIpc) is 2.32. The minimum absolute atomic E-state index is 0.109. The summed E-state index contributed by atoms with van der Waals surface area (Å²) in [6, 6.07) is 7.26. The van der Waals surface area contributed by atoms with Gasteiger partial charge in [0.05, 0.1) is 20.3 Å². The van der Waals surface area contributed by atoms with Crippen LogP contribution in [0.15, 0.2) is 24.3 Å². The molecule has 0 aliphatic carbocycles. The van der Waals surface area contributed by atoms with Crippen LogP contribution in [0.3, 0.4) is 0 Å². The average molecular weight is 255 g/mol. The summed E-state index contributed by atoms with van der Waals surface area (Å²) in [5.74, 6) is 0.781. The van der Waals surface area contributed by atoms with Crippen LogP contribution < -0.4 is 10.5 Å². The van der Waals surface area contributed by atoms with Crippen LogP contribution in [0.25, 0.3) is 0 Å². The second-order valence-electron chi connectivity index (χ2n) is 4.66. The van der Waals surface area contributed by atoms with Gasteiger partial charge in [-0.15, -0.1) is 0 Å². The molecule has 0 fully saturated rings. The van der Waals surface area contributed by atoms with Crippen LogP contribution in [0.4, 0.5) is 5.69 Å². The lowest BCUT2D eigenvalue weighted by molar-refractivity contribution is -0.910. The van der Waals surface area contributed by atoms with Gasteiger partial charge < -0.3 is 25.2 Å². The van der Waals surface area contributed by atoms with Crippen molar-refractivity contribution in [2.24, 2.45) is 0 Å². The SMILES string of the molecule is C[N+](CCO)(CCO)CCOc1ccc(N)cc1. The van der Waals surface area contributed by atoms with E-state index in [1.807, 2.05) is 19.2 Å². The van der Waals surface area contributed by atoms with Crippen LogP contribution in [0.1, 0.15) is 0 Å². The van der Waals surface area contributed by atoms with E-state index >= 15 is 0 Å². The first-order valence-corrected chi connectivity index (χ1v) is 6.13. The van der Waals surface area contributed by atoms with E-state index in [0.717, 1.165) is 12.3 Å². The zero-order chi connectivity index (χ0) is 13.4. The number of ether oxygens (including phenoxy) is 1. The van der Waals surface area contributed by atoms with Gasteiger partial charge in [-0.05, 0) is 24.3 Å². The maximum absolute atomic E-state index is 9.02. The van der Waals surface area contributed by atoms with Crippen LogP contribution in [-0.2, 0) is 0 Å². The molecule has 1 rings (SSSR count). The zero-order valence-corrected chi connectivity index (χ0v) is 10.9. The minimum atomic E-state index is 0.109. The van der Waals surface area contributed by atoms with Crippen LogP contribution >= 0.6 is 0 Å². The molecular formula is C13H23N2O3+. The second-order valence-corrected chi connectivity index (χ2v) is 4.66. The highest BCUT2D eigenvalue weighted by Crippen LogP contribution is 2.13. The number of hydrogen-bond donors (Lipinski definition) is 3. The molecule has 0 aliphatic rings.